The first-order valence-electron chi connectivity index (χ1n) is 17.7. The van der Waals surface area contributed by atoms with Crippen LogP contribution in [0.1, 0.15) is 68.0 Å². The van der Waals surface area contributed by atoms with Crippen molar-refractivity contribution in [1.82, 2.24) is 9.97 Å². The van der Waals surface area contributed by atoms with E-state index in [4.69, 9.17) is 18.9 Å². The quantitative estimate of drug-likeness (QED) is 0.0891. The molecule has 0 N–H and O–H groups in total. The van der Waals surface area contributed by atoms with Gasteiger partial charge in [0.2, 0.25) is 23.5 Å². The highest BCUT2D eigenvalue weighted by Gasteiger charge is 2.31. The summed E-state index contributed by atoms with van der Waals surface area (Å²) in [6.45, 7) is 14.8. The summed E-state index contributed by atoms with van der Waals surface area (Å²) in [6.07, 6.45) is 4.72. The van der Waals surface area contributed by atoms with E-state index in [1.807, 2.05) is 0 Å². The number of aromatic nitrogens is 2. The van der Waals surface area contributed by atoms with Gasteiger partial charge in [0.05, 0.1) is 24.3 Å². The van der Waals surface area contributed by atoms with Gasteiger partial charge in [-0.25, -0.2) is 0 Å². The van der Waals surface area contributed by atoms with Crippen LogP contribution in [-0.4, -0.2) is 51.9 Å². The third-order valence-corrected chi connectivity index (χ3v) is 12.8. The lowest BCUT2D eigenvalue weighted by Gasteiger charge is -2.19. The molecule has 0 aliphatic heterocycles. The van der Waals surface area contributed by atoms with Crippen LogP contribution in [0.3, 0.4) is 0 Å². The number of hydrogen-bond donors (Lipinski definition) is 0. The van der Waals surface area contributed by atoms with Gasteiger partial charge in [0, 0.05) is 28.3 Å². The molecule has 0 unspecified atom stereocenters. The Balaban J connectivity index is 1.19. The molecule has 0 radical (unpaired) electrons. The highest BCUT2D eigenvalue weighted by atomic mass is 28.3. The van der Waals surface area contributed by atoms with Crippen molar-refractivity contribution in [3.05, 3.63) is 94.0 Å². The summed E-state index contributed by atoms with van der Waals surface area (Å²) in [6, 6.07) is 21.8. The summed E-state index contributed by atoms with van der Waals surface area (Å²) in [4.78, 5) is 32.6. The van der Waals surface area contributed by atoms with E-state index in [2.05, 4.69) is 85.6 Å². The minimum absolute atomic E-state index is 0.148. The zero-order valence-corrected chi connectivity index (χ0v) is 32.1. The highest BCUT2D eigenvalue weighted by molar-refractivity contribution is 6.76. The van der Waals surface area contributed by atoms with Crippen LogP contribution in [-0.2, 0) is 12.8 Å². The number of aldehydes is 2. The first-order chi connectivity index (χ1) is 23.9. The van der Waals surface area contributed by atoms with Crippen molar-refractivity contribution >= 4 is 28.7 Å². The average Bonchev–Trinajstić information content (AvgIpc) is 3.68. The third-order valence-electron chi connectivity index (χ3n) is 9.41. The highest BCUT2D eigenvalue weighted by Crippen LogP contribution is 2.45. The molecule has 0 amide bonds. The van der Waals surface area contributed by atoms with E-state index >= 15 is 0 Å². The van der Waals surface area contributed by atoms with Crippen molar-refractivity contribution in [2.75, 3.05) is 13.2 Å². The lowest BCUT2D eigenvalue weighted by atomic mass is 9.91. The van der Waals surface area contributed by atoms with E-state index in [9.17, 15) is 9.59 Å². The fourth-order valence-electron chi connectivity index (χ4n) is 6.59. The maximum atomic E-state index is 11.7. The van der Waals surface area contributed by atoms with Gasteiger partial charge in [-0.15, -0.1) is 0 Å². The van der Waals surface area contributed by atoms with Gasteiger partial charge < -0.3 is 18.9 Å². The fraction of sp³-hybridized carbons (Fsp3) is 0.400. The van der Waals surface area contributed by atoms with E-state index < -0.39 is 16.1 Å². The Labute approximate surface area is 297 Å². The third kappa shape index (κ3) is 8.35. The number of hydrogen-bond acceptors (Lipinski definition) is 8. The van der Waals surface area contributed by atoms with Gasteiger partial charge in [-0.1, -0.05) is 75.7 Å². The van der Waals surface area contributed by atoms with Crippen LogP contribution in [0.2, 0.25) is 51.4 Å². The molecular formula is C40H48N2O6Si2. The normalized spacial score (nSPS) is 16.8. The van der Waals surface area contributed by atoms with Gasteiger partial charge in [0.15, 0.2) is 12.6 Å². The Morgan fingerprint density at radius 2 is 1.04 bits per heavy atom. The predicted molar refractivity (Wildman–Crippen MR) is 202 cm³/mol. The summed E-state index contributed by atoms with van der Waals surface area (Å²) in [5, 5.41) is 0. The van der Waals surface area contributed by atoms with Gasteiger partial charge in [0.1, 0.15) is 12.2 Å². The molecule has 50 heavy (non-hydrogen) atoms. The molecule has 0 fully saturated rings. The monoisotopic (exact) mass is 708 g/mol. The number of fused-ring (bicyclic) bond motifs is 2. The first kappa shape index (κ1) is 35.5. The summed E-state index contributed by atoms with van der Waals surface area (Å²) in [7, 11) is -2.59. The van der Waals surface area contributed by atoms with Gasteiger partial charge in [-0.3, -0.25) is 9.59 Å². The molecular weight excluding hydrogens is 661 g/mol. The van der Waals surface area contributed by atoms with Crippen LogP contribution in [0, 0.1) is 0 Å². The van der Waals surface area contributed by atoms with Crippen molar-refractivity contribution in [3.8, 4) is 34.6 Å². The Morgan fingerprint density at radius 1 is 0.620 bits per heavy atom. The van der Waals surface area contributed by atoms with Crippen LogP contribution < -0.4 is 18.9 Å². The number of carbonyl (C=O) groups is 2. The van der Waals surface area contributed by atoms with Crippen molar-refractivity contribution in [2.45, 2.75) is 89.3 Å². The first-order valence-corrected chi connectivity index (χ1v) is 25.1. The van der Waals surface area contributed by atoms with Crippen LogP contribution in [0.4, 0.5) is 0 Å². The molecule has 6 rings (SSSR count). The summed E-state index contributed by atoms with van der Waals surface area (Å²) < 4.78 is 24.9. The largest absolute Gasteiger partial charge is 0.477 e. The van der Waals surface area contributed by atoms with E-state index in [0.29, 0.717) is 47.9 Å². The van der Waals surface area contributed by atoms with Crippen molar-refractivity contribution in [1.29, 1.82) is 0 Å². The Kier molecular flexibility index (Phi) is 10.6. The van der Waals surface area contributed by atoms with Crippen molar-refractivity contribution in [3.63, 3.8) is 0 Å². The second-order valence-electron chi connectivity index (χ2n) is 15.7. The van der Waals surface area contributed by atoms with Crippen LogP contribution in [0.5, 0.6) is 23.5 Å². The van der Waals surface area contributed by atoms with E-state index in [1.165, 1.54) is 22.3 Å². The molecule has 2 atom stereocenters. The lowest BCUT2D eigenvalue weighted by molar-refractivity contribution is 0.111. The van der Waals surface area contributed by atoms with Crippen LogP contribution >= 0.6 is 0 Å². The van der Waals surface area contributed by atoms with E-state index in [-0.39, 0.29) is 12.2 Å². The zero-order valence-electron chi connectivity index (χ0n) is 30.1. The fourth-order valence-corrected chi connectivity index (χ4v) is 8.02. The second kappa shape index (κ2) is 14.9. The van der Waals surface area contributed by atoms with Gasteiger partial charge in [-0.2, -0.15) is 9.97 Å². The SMILES string of the molecule is C[Si](C)(C)CCOc1nc(O[C@H]2CCc3c(-c4cccc5c4CC[C@@H]5Oc4ccc(C=O)c(OCC[Si](C)(C)C)n4)cccc32)ccc1C=O. The molecule has 0 saturated heterocycles. The maximum Gasteiger partial charge on any atom is 0.227 e. The smallest absolute Gasteiger partial charge is 0.227 e. The molecule has 10 heteroatoms. The Morgan fingerprint density at radius 3 is 1.42 bits per heavy atom. The number of carbonyl (C=O) groups excluding carboxylic acids is 2. The topological polar surface area (TPSA) is 96.8 Å². The van der Waals surface area contributed by atoms with Gasteiger partial charge in [-0.05, 0) is 83.3 Å². The molecule has 2 aliphatic rings. The molecule has 2 aromatic heterocycles. The van der Waals surface area contributed by atoms with Crippen LogP contribution in [0.15, 0.2) is 60.7 Å². The lowest BCUT2D eigenvalue weighted by Crippen LogP contribution is -2.22. The summed E-state index contributed by atoms with van der Waals surface area (Å²) in [5.41, 5.74) is 8.21. The molecule has 8 nitrogen and oxygen atoms in total. The average molecular weight is 709 g/mol. The summed E-state index contributed by atoms with van der Waals surface area (Å²) in [5.74, 6) is 1.59. The Hall–Kier alpha value is -4.29. The molecule has 262 valence electrons. The minimum atomic E-state index is -1.29. The number of rotatable bonds is 15. The standard InChI is InChI=1S/C40H48N2O6Si2/c1-49(2,3)23-21-45-39-27(25-43)13-19-37(41-39)47-35-17-15-31-29(9-7-11-33(31)35)30-10-8-12-34-32(30)16-18-36(34)48-38-20-14-28(26-44)40(42-38)46-22-24-50(4,5)6/h7-14,19-20,25-26,35-36H,15-18,21-24H2,1-6H3/t35-,36-/m0/s1. The van der Waals surface area contributed by atoms with Crippen molar-refractivity contribution in [2.24, 2.45) is 0 Å². The van der Waals surface area contributed by atoms with E-state index in [0.717, 1.165) is 61.5 Å². The number of ether oxygens (including phenoxy) is 4. The molecule has 2 heterocycles. The van der Waals surface area contributed by atoms with Crippen molar-refractivity contribution < 1.29 is 28.5 Å². The Bertz CT molecular complexity index is 1730. The van der Waals surface area contributed by atoms with Crippen LogP contribution in [0.25, 0.3) is 11.1 Å². The second-order valence-corrected chi connectivity index (χ2v) is 26.9. The molecule has 0 bridgehead atoms. The number of nitrogens with zero attached hydrogens (tertiary/aromatic N) is 2. The molecule has 0 saturated carbocycles. The minimum Gasteiger partial charge on any atom is -0.477 e. The van der Waals surface area contributed by atoms with E-state index in [1.54, 1.807) is 24.3 Å². The van der Waals surface area contributed by atoms with Gasteiger partial charge >= 0.3 is 0 Å². The van der Waals surface area contributed by atoms with Gasteiger partial charge in [0.25, 0.3) is 0 Å². The zero-order chi connectivity index (χ0) is 35.5. The number of pyridine rings is 2. The molecule has 2 aliphatic carbocycles. The summed E-state index contributed by atoms with van der Waals surface area (Å²) >= 11 is 0. The maximum absolute atomic E-state index is 11.7. The molecule has 0 spiro atoms. The number of benzene rings is 2. The molecule has 4 aromatic rings. The predicted octanol–water partition coefficient (Wildman–Crippen LogP) is 9.34. The molecule has 2 aromatic carbocycles.